The Labute approximate surface area is 135 Å². The molecule has 1 aliphatic heterocycles. The van der Waals surface area contributed by atoms with Crippen molar-refractivity contribution in [3.8, 4) is 11.4 Å². The Kier molecular flexibility index (Phi) is 2.62. The van der Waals surface area contributed by atoms with Crippen LogP contribution in [0.5, 0.6) is 0 Å². The highest BCUT2D eigenvalue weighted by atomic mass is 15.2. The van der Waals surface area contributed by atoms with Gasteiger partial charge in [-0.05, 0) is 29.8 Å². The van der Waals surface area contributed by atoms with Gasteiger partial charge < -0.3 is 4.90 Å². The van der Waals surface area contributed by atoms with Crippen molar-refractivity contribution in [2.45, 2.75) is 12.0 Å². The van der Waals surface area contributed by atoms with Gasteiger partial charge in [0.1, 0.15) is 0 Å². The molecule has 2 aliphatic rings. The topological polar surface area (TPSA) is 29.0 Å². The van der Waals surface area contributed by atoms with Crippen molar-refractivity contribution in [1.29, 1.82) is 0 Å². The zero-order valence-electron chi connectivity index (χ0n) is 12.5. The molecule has 1 aromatic carbocycles. The molecule has 3 nitrogen and oxygen atoms in total. The zero-order chi connectivity index (χ0) is 15.2. The van der Waals surface area contributed by atoms with Gasteiger partial charge in [-0.15, -0.1) is 0 Å². The third kappa shape index (κ3) is 1.77. The average Bonchev–Trinajstić information content (AvgIpc) is 3.08. The molecule has 2 atom stereocenters. The fourth-order valence-corrected chi connectivity index (χ4v) is 3.76. The second kappa shape index (κ2) is 4.78. The molecule has 1 aliphatic carbocycles. The maximum atomic E-state index is 4.63. The average molecular weight is 297 g/mol. The Bertz CT molecular complexity index is 894. The van der Waals surface area contributed by atoms with E-state index in [1.165, 1.54) is 16.8 Å². The van der Waals surface area contributed by atoms with Gasteiger partial charge in [0.15, 0.2) is 0 Å². The van der Waals surface area contributed by atoms with E-state index in [1.807, 2.05) is 24.5 Å². The third-order valence-corrected chi connectivity index (χ3v) is 4.73. The van der Waals surface area contributed by atoms with Gasteiger partial charge in [-0.2, -0.15) is 0 Å². The van der Waals surface area contributed by atoms with Gasteiger partial charge >= 0.3 is 0 Å². The summed E-state index contributed by atoms with van der Waals surface area (Å²) in [6, 6.07) is 19.2. The number of fused-ring (bicyclic) bond motifs is 6. The number of anilines is 1. The molecule has 0 fully saturated rings. The smallest absolute Gasteiger partial charge is 0.0942 e. The summed E-state index contributed by atoms with van der Waals surface area (Å²) in [5.74, 6) is 0.315. The third-order valence-electron chi connectivity index (χ3n) is 4.73. The molecule has 3 heterocycles. The summed E-state index contributed by atoms with van der Waals surface area (Å²) in [5, 5.41) is 0. The summed E-state index contributed by atoms with van der Waals surface area (Å²) in [6.45, 7) is 0. The number of hydrogen-bond donors (Lipinski definition) is 0. The number of hydrogen-bond acceptors (Lipinski definition) is 3. The maximum Gasteiger partial charge on any atom is 0.0942 e. The minimum absolute atomic E-state index is 0.248. The van der Waals surface area contributed by atoms with Crippen molar-refractivity contribution < 1.29 is 0 Å². The van der Waals surface area contributed by atoms with Crippen molar-refractivity contribution in [2.24, 2.45) is 0 Å². The van der Waals surface area contributed by atoms with Crippen molar-refractivity contribution >= 4 is 5.69 Å². The largest absolute Gasteiger partial charge is 0.340 e. The summed E-state index contributed by atoms with van der Waals surface area (Å²) in [7, 11) is 0. The first kappa shape index (κ1) is 12.6. The number of para-hydroxylation sites is 1. The summed E-state index contributed by atoms with van der Waals surface area (Å²) >= 11 is 0. The van der Waals surface area contributed by atoms with E-state index in [0.29, 0.717) is 5.92 Å². The molecular formula is C20H15N3. The van der Waals surface area contributed by atoms with Gasteiger partial charge in [0, 0.05) is 35.8 Å². The van der Waals surface area contributed by atoms with Crippen LogP contribution in [0.2, 0.25) is 0 Å². The fourth-order valence-electron chi connectivity index (χ4n) is 3.76. The van der Waals surface area contributed by atoms with Crippen molar-refractivity contribution in [3.63, 3.8) is 0 Å². The van der Waals surface area contributed by atoms with E-state index >= 15 is 0 Å². The number of aromatic nitrogens is 2. The molecule has 0 amide bonds. The maximum absolute atomic E-state index is 4.63. The second-order valence-corrected chi connectivity index (χ2v) is 5.94. The van der Waals surface area contributed by atoms with Crippen molar-refractivity contribution in [3.05, 3.63) is 90.4 Å². The standard InChI is InChI=1S/C20H15N3/c1-2-6-14(7-3-1)23-13-10-16-15-8-4-11-21-18(15)19-17(20(16)23)9-5-12-22-19/h1-13,16,20H. The Balaban J connectivity index is 1.73. The molecule has 0 saturated carbocycles. The highest BCUT2D eigenvalue weighted by molar-refractivity contribution is 5.72. The van der Waals surface area contributed by atoms with E-state index in [4.69, 9.17) is 0 Å². The van der Waals surface area contributed by atoms with Gasteiger partial charge in [-0.25, -0.2) is 0 Å². The molecule has 0 spiro atoms. The van der Waals surface area contributed by atoms with Gasteiger partial charge in [0.05, 0.1) is 17.4 Å². The molecule has 0 radical (unpaired) electrons. The molecule has 2 unspecified atom stereocenters. The molecular weight excluding hydrogens is 282 g/mol. The van der Waals surface area contributed by atoms with Gasteiger partial charge in [0.2, 0.25) is 0 Å². The zero-order valence-corrected chi connectivity index (χ0v) is 12.5. The van der Waals surface area contributed by atoms with E-state index < -0.39 is 0 Å². The van der Waals surface area contributed by atoms with E-state index in [0.717, 1.165) is 11.4 Å². The van der Waals surface area contributed by atoms with E-state index in [2.05, 4.69) is 69.6 Å². The van der Waals surface area contributed by atoms with Gasteiger partial charge in [-0.3, -0.25) is 9.97 Å². The van der Waals surface area contributed by atoms with Crippen LogP contribution in [0.4, 0.5) is 5.69 Å². The molecule has 23 heavy (non-hydrogen) atoms. The van der Waals surface area contributed by atoms with Crippen LogP contribution < -0.4 is 4.90 Å². The summed E-state index contributed by atoms with van der Waals surface area (Å²) in [5.41, 5.74) is 5.74. The summed E-state index contributed by atoms with van der Waals surface area (Å²) in [4.78, 5) is 11.6. The van der Waals surface area contributed by atoms with Crippen LogP contribution in [-0.4, -0.2) is 9.97 Å². The first-order chi connectivity index (χ1) is 11.4. The Morgan fingerprint density at radius 1 is 0.739 bits per heavy atom. The number of nitrogens with zero attached hydrogens (tertiary/aromatic N) is 3. The second-order valence-electron chi connectivity index (χ2n) is 5.94. The van der Waals surface area contributed by atoms with Crippen molar-refractivity contribution in [2.75, 3.05) is 4.90 Å². The van der Waals surface area contributed by atoms with Crippen LogP contribution >= 0.6 is 0 Å². The van der Waals surface area contributed by atoms with Gasteiger partial charge in [-0.1, -0.05) is 36.4 Å². The predicted octanol–water partition coefficient (Wildman–Crippen LogP) is 4.32. The molecule has 0 N–H and O–H groups in total. The lowest BCUT2D eigenvalue weighted by Gasteiger charge is -2.35. The van der Waals surface area contributed by atoms with Crippen molar-refractivity contribution in [1.82, 2.24) is 9.97 Å². The lowest BCUT2D eigenvalue weighted by Crippen LogP contribution is -2.27. The van der Waals surface area contributed by atoms with E-state index in [9.17, 15) is 0 Å². The fraction of sp³-hybridized carbons (Fsp3) is 0.100. The quantitative estimate of drug-likeness (QED) is 0.670. The lowest BCUT2D eigenvalue weighted by molar-refractivity contribution is 0.645. The first-order valence-electron chi connectivity index (χ1n) is 7.85. The van der Waals surface area contributed by atoms with Crippen LogP contribution in [0.1, 0.15) is 23.1 Å². The summed E-state index contributed by atoms with van der Waals surface area (Å²) in [6.07, 6.45) is 8.19. The molecule has 0 bridgehead atoms. The minimum atomic E-state index is 0.248. The number of rotatable bonds is 1. The number of pyridine rings is 2. The molecule has 5 rings (SSSR count). The Hall–Kier alpha value is -2.94. The van der Waals surface area contributed by atoms with E-state index in [-0.39, 0.29) is 6.04 Å². The monoisotopic (exact) mass is 297 g/mol. The SMILES string of the molecule is C1=CN(c2ccccc2)C2c3cccnc3-c3ncccc3C12. The van der Waals surface area contributed by atoms with Crippen LogP contribution in [-0.2, 0) is 0 Å². The number of benzene rings is 1. The molecule has 2 aromatic heterocycles. The minimum Gasteiger partial charge on any atom is -0.340 e. The molecule has 0 saturated heterocycles. The normalized spacial score (nSPS) is 20.8. The molecule has 3 aromatic rings. The van der Waals surface area contributed by atoms with Crippen LogP contribution in [0, 0.1) is 0 Å². The van der Waals surface area contributed by atoms with Crippen LogP contribution in [0.25, 0.3) is 11.4 Å². The van der Waals surface area contributed by atoms with Crippen LogP contribution in [0.15, 0.2) is 79.3 Å². The highest BCUT2D eigenvalue weighted by Crippen LogP contribution is 2.51. The summed E-state index contributed by atoms with van der Waals surface area (Å²) < 4.78 is 0. The molecule has 110 valence electrons. The predicted molar refractivity (Wildman–Crippen MR) is 91.0 cm³/mol. The highest BCUT2D eigenvalue weighted by Gasteiger charge is 2.40. The van der Waals surface area contributed by atoms with Gasteiger partial charge in [0.25, 0.3) is 0 Å². The Morgan fingerprint density at radius 2 is 1.43 bits per heavy atom. The van der Waals surface area contributed by atoms with E-state index in [1.54, 1.807) is 0 Å². The van der Waals surface area contributed by atoms with Crippen LogP contribution in [0.3, 0.4) is 0 Å². The lowest BCUT2D eigenvalue weighted by atomic mass is 9.80. The Morgan fingerprint density at radius 3 is 2.22 bits per heavy atom. The first-order valence-corrected chi connectivity index (χ1v) is 7.85. The molecule has 3 heteroatoms.